The van der Waals surface area contributed by atoms with Gasteiger partial charge < -0.3 is 0 Å². The second-order valence-electron chi connectivity index (χ2n) is 11.1. The molecule has 0 heteroatoms. The summed E-state index contributed by atoms with van der Waals surface area (Å²) >= 11 is 0. The maximum Gasteiger partial charge on any atom is -0.0264 e. The van der Waals surface area contributed by atoms with Crippen LogP contribution in [0.2, 0.25) is 0 Å². The average Bonchev–Trinajstić information content (AvgIpc) is 2.99. The van der Waals surface area contributed by atoms with E-state index in [2.05, 4.69) is 27.4 Å². The Morgan fingerprint density at radius 1 is 0.960 bits per heavy atom. The van der Waals surface area contributed by atoms with Gasteiger partial charge in [-0.2, -0.15) is 0 Å². The minimum atomic E-state index is 0.688. The Morgan fingerprint density at radius 3 is 2.56 bits per heavy atom. The van der Waals surface area contributed by atoms with Crippen LogP contribution in [0, 0.1) is 40.4 Å². The highest BCUT2D eigenvalue weighted by Crippen LogP contribution is 2.68. The molecule has 0 aliphatic heterocycles. The molecule has 4 aliphatic rings. The van der Waals surface area contributed by atoms with Gasteiger partial charge in [0, 0.05) is 0 Å². The van der Waals surface area contributed by atoms with Crippen LogP contribution in [-0.2, 0) is 0 Å². The van der Waals surface area contributed by atoms with Crippen LogP contribution in [0.1, 0.15) is 104 Å². The van der Waals surface area contributed by atoms with Crippen LogP contribution < -0.4 is 0 Å². The number of allylic oxidation sites excluding steroid dienone is 1. The van der Waals surface area contributed by atoms with Crippen molar-refractivity contribution >= 4 is 0 Å². The first-order chi connectivity index (χ1) is 12.0. The molecule has 4 saturated carbocycles. The van der Waals surface area contributed by atoms with E-state index < -0.39 is 0 Å². The Morgan fingerprint density at radius 2 is 1.76 bits per heavy atom. The predicted molar refractivity (Wildman–Crippen MR) is 108 cm³/mol. The number of hydrogen-bond donors (Lipinski definition) is 0. The van der Waals surface area contributed by atoms with Crippen LogP contribution in [0.4, 0.5) is 0 Å². The minimum Gasteiger partial charge on any atom is -0.100 e. The predicted octanol–water partition coefficient (Wildman–Crippen LogP) is 7.78. The van der Waals surface area contributed by atoms with E-state index in [0.29, 0.717) is 5.41 Å². The lowest BCUT2D eigenvalue weighted by molar-refractivity contribution is -0.130. The Kier molecular flexibility index (Phi) is 4.87. The van der Waals surface area contributed by atoms with Crippen LogP contribution in [0.5, 0.6) is 0 Å². The monoisotopic (exact) mass is 342 g/mol. The molecule has 0 aromatic carbocycles. The van der Waals surface area contributed by atoms with Gasteiger partial charge in [-0.3, -0.25) is 0 Å². The highest BCUT2D eigenvalue weighted by atomic mass is 14.6. The molecule has 4 rings (SSSR count). The van der Waals surface area contributed by atoms with Gasteiger partial charge in [-0.05, 0) is 112 Å². The molecular weight excluding hydrogens is 300 g/mol. The zero-order valence-electron chi connectivity index (χ0n) is 17.3. The summed E-state index contributed by atoms with van der Waals surface area (Å²) in [6, 6.07) is 0. The summed E-state index contributed by atoms with van der Waals surface area (Å²) in [6.45, 7) is 11.7. The van der Waals surface area contributed by atoms with E-state index in [-0.39, 0.29) is 0 Å². The summed E-state index contributed by atoms with van der Waals surface area (Å²) in [7, 11) is 0. The summed E-state index contributed by atoms with van der Waals surface area (Å²) in [5.41, 5.74) is 2.81. The number of hydrogen-bond acceptors (Lipinski definition) is 0. The van der Waals surface area contributed by atoms with Crippen molar-refractivity contribution in [1.29, 1.82) is 0 Å². The van der Waals surface area contributed by atoms with E-state index in [4.69, 9.17) is 0 Å². The molecule has 0 spiro atoms. The molecule has 142 valence electrons. The first-order valence-electron chi connectivity index (χ1n) is 11.6. The summed E-state index contributed by atoms with van der Waals surface area (Å²) in [4.78, 5) is 0. The average molecular weight is 343 g/mol. The smallest absolute Gasteiger partial charge is 0.0264 e. The van der Waals surface area contributed by atoms with Gasteiger partial charge in [0.15, 0.2) is 0 Å². The number of fused-ring (bicyclic) bond motifs is 5. The maximum atomic E-state index is 4.15. The van der Waals surface area contributed by atoms with Gasteiger partial charge in [-0.25, -0.2) is 0 Å². The zero-order valence-corrected chi connectivity index (χ0v) is 17.3. The Balaban J connectivity index is 1.55. The standard InChI is InChI=1S/C25H42/c1-18(2)9-7-14-25-15-8-11-23(25)20-17-19(3)21-10-5-6-13-24(21,4)22(20)12-16-25/h19-23H,1,5-17H2,2-4H3. The van der Waals surface area contributed by atoms with E-state index in [0.717, 1.165) is 35.0 Å². The lowest BCUT2D eigenvalue weighted by atomic mass is 9.43. The fourth-order valence-electron chi connectivity index (χ4n) is 8.78. The Labute approximate surface area is 157 Å². The van der Waals surface area contributed by atoms with Crippen molar-refractivity contribution in [2.45, 2.75) is 104 Å². The molecule has 0 radical (unpaired) electrons. The van der Waals surface area contributed by atoms with Gasteiger partial charge >= 0.3 is 0 Å². The van der Waals surface area contributed by atoms with E-state index in [9.17, 15) is 0 Å². The lowest BCUT2D eigenvalue weighted by Crippen LogP contribution is -2.54. The normalized spacial score (nSPS) is 49.2. The van der Waals surface area contributed by atoms with E-state index >= 15 is 0 Å². The summed E-state index contributed by atoms with van der Waals surface area (Å²) in [5.74, 6) is 5.22. The van der Waals surface area contributed by atoms with Crippen molar-refractivity contribution < 1.29 is 0 Å². The lowest BCUT2D eigenvalue weighted by Gasteiger charge is -2.62. The Hall–Kier alpha value is -0.260. The van der Waals surface area contributed by atoms with Gasteiger partial charge in [0.1, 0.15) is 0 Å². The fourth-order valence-corrected chi connectivity index (χ4v) is 8.78. The second-order valence-corrected chi connectivity index (χ2v) is 11.1. The fraction of sp³-hybridized carbons (Fsp3) is 0.920. The molecule has 0 heterocycles. The molecule has 0 saturated heterocycles. The molecule has 7 atom stereocenters. The van der Waals surface area contributed by atoms with Gasteiger partial charge in [0.25, 0.3) is 0 Å². The first kappa shape index (κ1) is 18.1. The van der Waals surface area contributed by atoms with Crippen molar-refractivity contribution in [3.63, 3.8) is 0 Å². The third-order valence-electron chi connectivity index (χ3n) is 9.75. The van der Waals surface area contributed by atoms with Crippen molar-refractivity contribution in [1.82, 2.24) is 0 Å². The molecule has 4 aliphatic carbocycles. The van der Waals surface area contributed by atoms with Crippen LogP contribution in [0.15, 0.2) is 12.2 Å². The van der Waals surface area contributed by atoms with E-state index in [1.807, 2.05) is 0 Å². The highest BCUT2D eigenvalue weighted by Gasteiger charge is 2.59. The molecule has 0 N–H and O–H groups in total. The van der Waals surface area contributed by atoms with Crippen LogP contribution in [0.3, 0.4) is 0 Å². The third kappa shape index (κ3) is 2.94. The van der Waals surface area contributed by atoms with Gasteiger partial charge in [0.2, 0.25) is 0 Å². The molecule has 7 unspecified atom stereocenters. The largest absolute Gasteiger partial charge is 0.100 e. The molecule has 4 fully saturated rings. The summed E-state index contributed by atoms with van der Waals surface area (Å²) < 4.78 is 0. The molecule has 0 nitrogen and oxygen atoms in total. The molecule has 0 amide bonds. The van der Waals surface area contributed by atoms with Crippen LogP contribution in [-0.4, -0.2) is 0 Å². The van der Waals surface area contributed by atoms with Gasteiger partial charge in [-0.15, -0.1) is 6.58 Å². The topological polar surface area (TPSA) is 0 Å². The summed E-state index contributed by atoms with van der Waals surface area (Å²) in [5, 5.41) is 0. The molecule has 0 aromatic heterocycles. The van der Waals surface area contributed by atoms with Crippen molar-refractivity contribution in [3.8, 4) is 0 Å². The zero-order chi connectivity index (χ0) is 17.7. The van der Waals surface area contributed by atoms with E-state index in [1.165, 1.54) is 50.5 Å². The molecule has 0 bridgehead atoms. The van der Waals surface area contributed by atoms with Crippen molar-refractivity contribution in [3.05, 3.63) is 12.2 Å². The van der Waals surface area contributed by atoms with Crippen molar-refractivity contribution in [2.75, 3.05) is 0 Å². The first-order valence-corrected chi connectivity index (χ1v) is 11.6. The molecule has 0 aromatic rings. The van der Waals surface area contributed by atoms with E-state index in [1.54, 1.807) is 38.5 Å². The highest BCUT2D eigenvalue weighted by molar-refractivity contribution is 5.09. The molecular formula is C25H42. The second kappa shape index (κ2) is 6.72. The molecule has 25 heavy (non-hydrogen) atoms. The van der Waals surface area contributed by atoms with Gasteiger partial charge in [-0.1, -0.05) is 38.7 Å². The SMILES string of the molecule is C=C(C)CCCC12CCCC1C1CC(C)C3CCCCC3(C)C1CC2. The van der Waals surface area contributed by atoms with Crippen LogP contribution in [0.25, 0.3) is 0 Å². The minimum absolute atomic E-state index is 0.688. The summed E-state index contributed by atoms with van der Waals surface area (Å²) in [6.07, 6.45) is 19.6. The van der Waals surface area contributed by atoms with Crippen LogP contribution >= 0.6 is 0 Å². The van der Waals surface area contributed by atoms with Crippen molar-refractivity contribution in [2.24, 2.45) is 40.4 Å². The quantitative estimate of drug-likeness (QED) is 0.457. The maximum absolute atomic E-state index is 4.15. The number of rotatable bonds is 4. The van der Waals surface area contributed by atoms with Gasteiger partial charge in [0.05, 0.1) is 0 Å². The third-order valence-corrected chi connectivity index (χ3v) is 9.75. The Bertz CT molecular complexity index is 504.